The zero-order chi connectivity index (χ0) is 14.4. The van der Waals surface area contributed by atoms with Gasteiger partial charge in [0.25, 0.3) is 0 Å². The predicted octanol–water partition coefficient (Wildman–Crippen LogP) is 1.33. The van der Waals surface area contributed by atoms with Crippen molar-refractivity contribution >= 4 is 5.97 Å². The highest BCUT2D eigenvalue weighted by Crippen LogP contribution is 2.24. The molecule has 19 heavy (non-hydrogen) atoms. The summed E-state index contributed by atoms with van der Waals surface area (Å²) >= 11 is 0. The topological polar surface area (TPSA) is 85.3 Å². The summed E-state index contributed by atoms with van der Waals surface area (Å²) in [6.07, 6.45) is -0.152. The van der Waals surface area contributed by atoms with Crippen LogP contribution in [0.2, 0.25) is 0 Å². The fourth-order valence-electron chi connectivity index (χ4n) is 1.58. The van der Waals surface area contributed by atoms with Gasteiger partial charge in [0.15, 0.2) is 0 Å². The van der Waals surface area contributed by atoms with Gasteiger partial charge < -0.3 is 15.2 Å². The van der Waals surface area contributed by atoms with Crippen LogP contribution in [0.5, 0.6) is 5.75 Å². The van der Waals surface area contributed by atoms with Crippen LogP contribution in [0.4, 0.5) is 8.78 Å². The number of benzene rings is 1. The molecule has 1 aromatic rings. The first-order chi connectivity index (χ1) is 9.01. The largest absolute Gasteiger partial charge is 0.469 e. The second kappa shape index (κ2) is 6.66. The smallest absolute Gasteiger partial charge is 0.387 e. The van der Waals surface area contributed by atoms with Crippen molar-refractivity contribution in [2.45, 2.75) is 19.6 Å². The Labute approximate surface area is 108 Å². The number of carbonyl (C=O) groups is 1. The Bertz CT molecular complexity index is 512. The lowest BCUT2D eigenvalue weighted by Gasteiger charge is -2.12. The highest BCUT2D eigenvalue weighted by molar-refractivity contribution is 5.74. The first-order valence-corrected chi connectivity index (χ1v) is 5.29. The molecule has 0 spiro atoms. The Morgan fingerprint density at radius 1 is 1.53 bits per heavy atom. The van der Waals surface area contributed by atoms with Gasteiger partial charge in [-0.05, 0) is 23.3 Å². The van der Waals surface area contributed by atoms with Gasteiger partial charge in [-0.3, -0.25) is 4.79 Å². The zero-order valence-electron chi connectivity index (χ0n) is 10.2. The number of nitrogens with two attached hydrogens (primary N) is 1. The summed E-state index contributed by atoms with van der Waals surface area (Å²) in [7, 11) is 1.21. The number of nitrogens with zero attached hydrogens (tertiary/aromatic N) is 1. The van der Waals surface area contributed by atoms with E-state index in [-0.39, 0.29) is 24.3 Å². The van der Waals surface area contributed by atoms with Crippen LogP contribution in [-0.2, 0) is 22.5 Å². The highest BCUT2D eigenvalue weighted by Gasteiger charge is 2.16. The monoisotopic (exact) mass is 270 g/mol. The molecule has 0 saturated heterocycles. The van der Waals surface area contributed by atoms with E-state index >= 15 is 0 Å². The van der Waals surface area contributed by atoms with E-state index in [4.69, 9.17) is 11.0 Å². The Morgan fingerprint density at radius 3 is 2.68 bits per heavy atom. The lowest BCUT2D eigenvalue weighted by Crippen LogP contribution is -2.12. The Balaban J connectivity index is 3.22. The van der Waals surface area contributed by atoms with E-state index in [0.717, 1.165) is 6.07 Å². The van der Waals surface area contributed by atoms with Crippen LogP contribution in [0.3, 0.4) is 0 Å². The number of hydrogen-bond donors (Lipinski definition) is 1. The molecule has 0 aliphatic heterocycles. The van der Waals surface area contributed by atoms with Gasteiger partial charge in [0, 0.05) is 6.54 Å². The number of hydrogen-bond acceptors (Lipinski definition) is 5. The van der Waals surface area contributed by atoms with Crippen molar-refractivity contribution in [2.24, 2.45) is 5.73 Å². The molecule has 5 nitrogen and oxygen atoms in total. The van der Waals surface area contributed by atoms with Crippen molar-refractivity contribution in [1.29, 1.82) is 5.26 Å². The van der Waals surface area contributed by atoms with E-state index in [1.807, 2.05) is 6.07 Å². The van der Waals surface area contributed by atoms with E-state index < -0.39 is 12.6 Å². The second-order valence-electron chi connectivity index (χ2n) is 3.56. The lowest BCUT2D eigenvalue weighted by molar-refractivity contribution is -0.139. The fourth-order valence-corrected chi connectivity index (χ4v) is 1.58. The molecule has 0 aliphatic carbocycles. The number of ether oxygens (including phenoxy) is 2. The van der Waals surface area contributed by atoms with Crippen LogP contribution in [-0.4, -0.2) is 19.7 Å². The molecule has 0 aliphatic rings. The van der Waals surface area contributed by atoms with Crippen molar-refractivity contribution in [3.8, 4) is 11.8 Å². The molecule has 0 amide bonds. The maximum absolute atomic E-state index is 12.1. The third kappa shape index (κ3) is 3.89. The molecule has 0 aromatic heterocycles. The van der Waals surface area contributed by atoms with Crippen LogP contribution in [0.1, 0.15) is 16.7 Å². The van der Waals surface area contributed by atoms with Gasteiger partial charge >= 0.3 is 12.6 Å². The van der Waals surface area contributed by atoms with Gasteiger partial charge in [-0.1, -0.05) is 0 Å². The standard InChI is InChI=1S/C12H12F2N2O3/c1-18-11(17)4-10-7(5-15)2-9(19-12(13)14)3-8(10)6-16/h2-3,12H,4-5,15H2,1H3. The summed E-state index contributed by atoms with van der Waals surface area (Å²) in [6, 6.07) is 4.25. The molecule has 0 radical (unpaired) electrons. The summed E-state index contributed by atoms with van der Waals surface area (Å²) in [4.78, 5) is 11.3. The molecule has 2 N–H and O–H groups in total. The zero-order valence-corrected chi connectivity index (χ0v) is 10.2. The van der Waals surface area contributed by atoms with Gasteiger partial charge in [0.1, 0.15) is 5.75 Å². The Kier molecular flexibility index (Phi) is 5.21. The van der Waals surface area contributed by atoms with Crippen molar-refractivity contribution in [3.63, 3.8) is 0 Å². The summed E-state index contributed by atoms with van der Waals surface area (Å²) in [5.74, 6) is -0.714. The Morgan fingerprint density at radius 2 is 2.21 bits per heavy atom. The SMILES string of the molecule is COC(=O)Cc1c(C#N)cc(OC(F)F)cc1CN. The Hall–Kier alpha value is -2.20. The third-order valence-electron chi connectivity index (χ3n) is 2.43. The molecule has 0 saturated carbocycles. The summed E-state index contributed by atoms with van der Waals surface area (Å²) in [5, 5.41) is 9.00. The average molecular weight is 270 g/mol. The highest BCUT2D eigenvalue weighted by atomic mass is 19.3. The van der Waals surface area contributed by atoms with Crippen molar-refractivity contribution in [3.05, 3.63) is 28.8 Å². The van der Waals surface area contributed by atoms with E-state index in [0.29, 0.717) is 11.1 Å². The number of alkyl halides is 2. The van der Waals surface area contributed by atoms with Crippen LogP contribution >= 0.6 is 0 Å². The number of rotatable bonds is 5. The molecule has 0 bridgehead atoms. The third-order valence-corrected chi connectivity index (χ3v) is 2.43. The van der Waals surface area contributed by atoms with E-state index in [2.05, 4.69) is 9.47 Å². The van der Waals surface area contributed by atoms with E-state index in [1.54, 1.807) is 0 Å². The normalized spacial score (nSPS) is 10.1. The summed E-state index contributed by atoms with van der Waals surface area (Å²) in [6.45, 7) is -3.01. The maximum atomic E-state index is 12.1. The van der Waals surface area contributed by atoms with Crippen LogP contribution in [0.15, 0.2) is 12.1 Å². The van der Waals surface area contributed by atoms with Gasteiger partial charge in [0.2, 0.25) is 0 Å². The van der Waals surface area contributed by atoms with E-state index in [1.165, 1.54) is 13.2 Å². The molecule has 102 valence electrons. The van der Waals surface area contributed by atoms with E-state index in [9.17, 15) is 13.6 Å². The number of halogens is 2. The molecule has 0 unspecified atom stereocenters. The molecular weight excluding hydrogens is 258 g/mol. The minimum atomic E-state index is -3.00. The molecule has 0 heterocycles. The molecule has 0 fully saturated rings. The molecule has 7 heteroatoms. The first kappa shape index (κ1) is 14.9. The van der Waals surface area contributed by atoms with Gasteiger partial charge in [-0.25, -0.2) is 0 Å². The number of methoxy groups -OCH3 is 1. The number of esters is 1. The first-order valence-electron chi connectivity index (χ1n) is 5.29. The molecule has 1 aromatic carbocycles. The maximum Gasteiger partial charge on any atom is 0.387 e. The number of nitriles is 1. The van der Waals surface area contributed by atoms with Crippen molar-refractivity contribution in [1.82, 2.24) is 0 Å². The predicted molar refractivity (Wildman–Crippen MR) is 61.4 cm³/mol. The van der Waals surface area contributed by atoms with Gasteiger partial charge in [0.05, 0.1) is 25.2 Å². The second-order valence-corrected chi connectivity index (χ2v) is 3.56. The van der Waals surface area contributed by atoms with Crippen molar-refractivity contribution < 1.29 is 23.0 Å². The van der Waals surface area contributed by atoms with Crippen LogP contribution < -0.4 is 10.5 Å². The van der Waals surface area contributed by atoms with Crippen LogP contribution in [0.25, 0.3) is 0 Å². The summed E-state index contributed by atoms with van der Waals surface area (Å²) in [5.41, 5.74) is 6.29. The molecular formula is C12H12F2N2O3. The average Bonchev–Trinajstić information content (AvgIpc) is 2.38. The lowest BCUT2D eigenvalue weighted by atomic mass is 9.98. The van der Waals surface area contributed by atoms with Gasteiger partial charge in [-0.2, -0.15) is 14.0 Å². The van der Waals surface area contributed by atoms with Crippen molar-refractivity contribution in [2.75, 3.05) is 7.11 Å². The molecule has 0 atom stereocenters. The minimum absolute atomic E-state index is 0.0125. The number of carbonyl (C=O) groups excluding carboxylic acids is 1. The quantitative estimate of drug-likeness (QED) is 0.816. The minimum Gasteiger partial charge on any atom is -0.469 e. The summed E-state index contributed by atoms with van der Waals surface area (Å²) < 4.78 is 33.0. The van der Waals surface area contributed by atoms with Gasteiger partial charge in [-0.15, -0.1) is 0 Å². The molecule has 1 rings (SSSR count). The van der Waals surface area contributed by atoms with Crippen LogP contribution in [0, 0.1) is 11.3 Å². The fraction of sp³-hybridized carbons (Fsp3) is 0.333.